The molecule has 1 heterocycles. The number of carbonyl (C=O) groups excluding carboxylic acids is 1. The Hall–Kier alpha value is -2.12. The third kappa shape index (κ3) is 7.48. The predicted molar refractivity (Wildman–Crippen MR) is 114 cm³/mol. The fourth-order valence-electron chi connectivity index (χ4n) is 3.25. The van der Waals surface area contributed by atoms with Gasteiger partial charge in [-0.05, 0) is 37.9 Å². The molecule has 0 aromatic heterocycles. The molecule has 0 aliphatic carbocycles. The van der Waals surface area contributed by atoms with Crippen molar-refractivity contribution in [2.45, 2.75) is 26.3 Å². The van der Waals surface area contributed by atoms with Gasteiger partial charge in [-0.25, -0.2) is 4.99 Å². The molecule has 1 aliphatic rings. The van der Waals surface area contributed by atoms with Gasteiger partial charge in [0.25, 0.3) is 0 Å². The van der Waals surface area contributed by atoms with Crippen molar-refractivity contribution in [2.24, 2.45) is 4.99 Å². The average molecular weight is 390 g/mol. The zero-order valence-corrected chi connectivity index (χ0v) is 17.5. The molecule has 1 aliphatic heterocycles. The van der Waals surface area contributed by atoms with E-state index in [-0.39, 0.29) is 12.5 Å². The molecule has 28 heavy (non-hydrogen) atoms. The summed E-state index contributed by atoms with van der Waals surface area (Å²) in [5.74, 6) is 0.766. The molecule has 1 aromatic rings. The van der Waals surface area contributed by atoms with Crippen molar-refractivity contribution in [3.05, 3.63) is 35.4 Å². The number of aliphatic imine (C=N–C) groups is 1. The summed E-state index contributed by atoms with van der Waals surface area (Å²) >= 11 is 0. The van der Waals surface area contributed by atoms with Crippen LogP contribution in [0.2, 0.25) is 0 Å². The van der Waals surface area contributed by atoms with Crippen molar-refractivity contribution in [1.82, 2.24) is 20.4 Å². The van der Waals surface area contributed by atoms with Gasteiger partial charge in [-0.2, -0.15) is 0 Å². The summed E-state index contributed by atoms with van der Waals surface area (Å²) in [6, 6.07) is 8.34. The van der Waals surface area contributed by atoms with Crippen LogP contribution in [0.4, 0.5) is 0 Å². The van der Waals surface area contributed by atoms with Crippen LogP contribution in [0.5, 0.6) is 0 Å². The topological polar surface area (TPSA) is 69.2 Å². The number of carbonyl (C=O) groups is 1. The lowest BCUT2D eigenvalue weighted by Gasteiger charge is -2.28. The Bertz CT molecular complexity index is 635. The minimum absolute atomic E-state index is 0.0726. The van der Waals surface area contributed by atoms with Crippen molar-refractivity contribution in [3.63, 3.8) is 0 Å². The molecule has 7 heteroatoms. The second-order valence-corrected chi connectivity index (χ2v) is 7.11. The molecule has 0 fully saturated rings. The molecule has 156 valence electrons. The number of guanidine groups is 1. The van der Waals surface area contributed by atoms with Gasteiger partial charge in [-0.15, -0.1) is 0 Å². The van der Waals surface area contributed by atoms with Crippen LogP contribution < -0.4 is 10.6 Å². The van der Waals surface area contributed by atoms with Crippen LogP contribution in [0.1, 0.15) is 24.5 Å². The van der Waals surface area contributed by atoms with E-state index in [1.54, 1.807) is 7.11 Å². The second kappa shape index (κ2) is 12.4. The minimum Gasteiger partial charge on any atom is -0.385 e. The van der Waals surface area contributed by atoms with Crippen LogP contribution in [-0.4, -0.2) is 81.7 Å². The first-order chi connectivity index (χ1) is 13.6. The van der Waals surface area contributed by atoms with Crippen molar-refractivity contribution >= 4 is 11.9 Å². The summed E-state index contributed by atoms with van der Waals surface area (Å²) in [4.78, 5) is 21.2. The van der Waals surface area contributed by atoms with E-state index in [1.807, 2.05) is 17.9 Å². The SMILES string of the molecule is CCNC(=NCC(=O)N1CCc2ccccc2C1)NCCN(C)CCCOC. The Labute approximate surface area is 169 Å². The number of methoxy groups -OCH3 is 1. The smallest absolute Gasteiger partial charge is 0.244 e. The van der Waals surface area contributed by atoms with Gasteiger partial charge in [-0.1, -0.05) is 24.3 Å². The third-order valence-electron chi connectivity index (χ3n) is 4.87. The van der Waals surface area contributed by atoms with Crippen LogP contribution in [-0.2, 0) is 22.5 Å². The van der Waals surface area contributed by atoms with Gasteiger partial charge in [0.15, 0.2) is 5.96 Å². The molecule has 0 atom stereocenters. The van der Waals surface area contributed by atoms with Crippen molar-refractivity contribution in [1.29, 1.82) is 0 Å². The summed E-state index contributed by atoms with van der Waals surface area (Å²) in [5, 5.41) is 6.52. The Morgan fingerprint density at radius 1 is 1.25 bits per heavy atom. The number of nitrogens with zero attached hydrogens (tertiary/aromatic N) is 3. The molecule has 0 unspecified atom stereocenters. The highest BCUT2D eigenvalue weighted by molar-refractivity contribution is 5.85. The summed E-state index contributed by atoms with van der Waals surface area (Å²) in [6.07, 6.45) is 1.94. The number of rotatable bonds is 10. The molecular formula is C21H35N5O2. The molecule has 0 bridgehead atoms. The quantitative estimate of drug-likeness (QED) is 0.356. The molecule has 0 radical (unpaired) electrons. The Balaban J connectivity index is 1.77. The van der Waals surface area contributed by atoms with E-state index in [0.29, 0.717) is 12.5 Å². The van der Waals surface area contributed by atoms with Gasteiger partial charge in [0.2, 0.25) is 5.91 Å². The van der Waals surface area contributed by atoms with Crippen molar-refractivity contribution in [2.75, 3.05) is 60.0 Å². The number of amides is 1. The minimum atomic E-state index is 0.0726. The predicted octanol–water partition coefficient (Wildman–Crippen LogP) is 1.09. The van der Waals surface area contributed by atoms with Crippen molar-refractivity contribution in [3.8, 4) is 0 Å². The summed E-state index contributed by atoms with van der Waals surface area (Å²) in [6.45, 7) is 7.87. The monoisotopic (exact) mass is 389 g/mol. The first-order valence-electron chi connectivity index (χ1n) is 10.2. The maximum atomic E-state index is 12.6. The summed E-state index contributed by atoms with van der Waals surface area (Å²) < 4.78 is 5.08. The number of fused-ring (bicyclic) bond motifs is 1. The first-order valence-corrected chi connectivity index (χ1v) is 10.2. The van der Waals surface area contributed by atoms with E-state index in [1.165, 1.54) is 11.1 Å². The third-order valence-corrected chi connectivity index (χ3v) is 4.87. The molecule has 2 N–H and O–H groups in total. The largest absolute Gasteiger partial charge is 0.385 e. The Morgan fingerprint density at radius 2 is 2.04 bits per heavy atom. The van der Waals surface area contributed by atoms with Crippen LogP contribution in [0.15, 0.2) is 29.3 Å². The Kier molecular flexibility index (Phi) is 9.79. The van der Waals surface area contributed by atoms with Crippen LogP contribution in [0.3, 0.4) is 0 Å². The lowest BCUT2D eigenvalue weighted by atomic mass is 10.00. The number of nitrogens with one attached hydrogen (secondary N) is 2. The molecule has 0 saturated carbocycles. The van der Waals surface area contributed by atoms with Crippen LogP contribution in [0, 0.1) is 0 Å². The maximum absolute atomic E-state index is 12.6. The molecule has 2 rings (SSSR count). The molecule has 0 saturated heterocycles. The fraction of sp³-hybridized carbons (Fsp3) is 0.619. The zero-order chi connectivity index (χ0) is 20.2. The van der Waals surface area contributed by atoms with Crippen LogP contribution in [0.25, 0.3) is 0 Å². The van der Waals surface area contributed by atoms with Gasteiger partial charge >= 0.3 is 0 Å². The average Bonchev–Trinajstić information content (AvgIpc) is 2.71. The van der Waals surface area contributed by atoms with E-state index < -0.39 is 0 Å². The highest BCUT2D eigenvalue weighted by Crippen LogP contribution is 2.18. The second-order valence-electron chi connectivity index (χ2n) is 7.11. The lowest BCUT2D eigenvalue weighted by molar-refractivity contribution is -0.130. The summed E-state index contributed by atoms with van der Waals surface area (Å²) in [5.41, 5.74) is 2.59. The highest BCUT2D eigenvalue weighted by Gasteiger charge is 2.19. The van der Waals surface area contributed by atoms with E-state index >= 15 is 0 Å². The summed E-state index contributed by atoms with van der Waals surface area (Å²) in [7, 11) is 3.82. The first kappa shape index (κ1) is 22.2. The number of hydrogen-bond acceptors (Lipinski definition) is 4. The molecule has 1 amide bonds. The molecular weight excluding hydrogens is 354 g/mol. The number of ether oxygens (including phenoxy) is 1. The van der Waals surface area contributed by atoms with Gasteiger partial charge < -0.3 is 25.2 Å². The maximum Gasteiger partial charge on any atom is 0.244 e. The fourth-order valence-corrected chi connectivity index (χ4v) is 3.25. The number of hydrogen-bond donors (Lipinski definition) is 2. The van der Waals surface area contributed by atoms with Gasteiger partial charge in [-0.3, -0.25) is 4.79 Å². The molecule has 1 aromatic carbocycles. The standard InChI is InChI=1S/C21H35N5O2/c1-4-22-21(23-11-14-25(2)12-7-15-28-3)24-16-20(27)26-13-10-18-8-5-6-9-19(18)17-26/h5-6,8-9H,4,7,10-17H2,1-3H3,(H2,22,23,24). The van der Waals surface area contributed by atoms with Crippen LogP contribution >= 0.6 is 0 Å². The van der Waals surface area contributed by atoms with E-state index in [2.05, 4.69) is 45.8 Å². The number of benzene rings is 1. The van der Waals surface area contributed by atoms with Gasteiger partial charge in [0.05, 0.1) is 0 Å². The lowest BCUT2D eigenvalue weighted by Crippen LogP contribution is -2.42. The number of likely N-dealkylation sites (N-methyl/N-ethyl adjacent to an activating group) is 1. The zero-order valence-electron chi connectivity index (χ0n) is 17.5. The van der Waals surface area contributed by atoms with Gasteiger partial charge in [0.1, 0.15) is 6.54 Å². The normalized spacial score (nSPS) is 14.1. The molecule has 0 spiro atoms. The Morgan fingerprint density at radius 3 is 2.79 bits per heavy atom. The highest BCUT2D eigenvalue weighted by atomic mass is 16.5. The van der Waals surface area contributed by atoms with Crippen molar-refractivity contribution < 1.29 is 9.53 Å². The molecule has 7 nitrogen and oxygen atoms in total. The van der Waals surface area contributed by atoms with Gasteiger partial charge in [0, 0.05) is 53.0 Å². The van der Waals surface area contributed by atoms with E-state index in [9.17, 15) is 4.79 Å². The van der Waals surface area contributed by atoms with E-state index in [0.717, 1.165) is 52.2 Å². The van der Waals surface area contributed by atoms with E-state index in [4.69, 9.17) is 4.74 Å².